The summed E-state index contributed by atoms with van der Waals surface area (Å²) < 4.78 is 10.2. The number of hydrogen-bond acceptors (Lipinski definition) is 4. The summed E-state index contributed by atoms with van der Waals surface area (Å²) in [5.74, 6) is -1.07. The molecule has 0 aromatic rings. The van der Waals surface area contributed by atoms with Crippen LogP contribution in [0.25, 0.3) is 0 Å². The Hall–Kier alpha value is -1.06. The van der Waals surface area contributed by atoms with E-state index in [-0.39, 0.29) is 0 Å². The Kier molecular flexibility index (Phi) is 7.53. The third-order valence-electron chi connectivity index (χ3n) is 3.51. The quantitative estimate of drug-likeness (QED) is 0.502. The summed E-state index contributed by atoms with van der Waals surface area (Å²) in [6, 6.07) is 0. The molecule has 0 unspecified atom stereocenters. The first-order valence-electron chi connectivity index (χ1n) is 7.52. The van der Waals surface area contributed by atoms with Gasteiger partial charge in [0, 0.05) is 0 Å². The lowest BCUT2D eigenvalue weighted by Gasteiger charge is -2.18. The summed E-state index contributed by atoms with van der Waals surface area (Å²) in [5, 5.41) is 0. The molecular weight excluding hydrogens is 244 g/mol. The maximum Gasteiger partial charge on any atom is 0.320 e. The second kappa shape index (κ2) is 8.94. The van der Waals surface area contributed by atoms with Crippen molar-refractivity contribution in [2.75, 3.05) is 13.2 Å². The van der Waals surface area contributed by atoms with Crippen LogP contribution in [0.2, 0.25) is 0 Å². The number of esters is 2. The maximum atomic E-state index is 12.0. The van der Waals surface area contributed by atoms with Gasteiger partial charge >= 0.3 is 11.9 Å². The van der Waals surface area contributed by atoms with E-state index in [1.165, 1.54) is 12.8 Å². The summed E-state index contributed by atoms with van der Waals surface area (Å²) in [6.45, 7) is 4.63. The van der Waals surface area contributed by atoms with Gasteiger partial charge in [-0.2, -0.15) is 0 Å². The van der Waals surface area contributed by atoms with Crippen molar-refractivity contribution in [3.63, 3.8) is 0 Å². The van der Waals surface area contributed by atoms with Crippen molar-refractivity contribution in [2.45, 2.75) is 58.8 Å². The van der Waals surface area contributed by atoms with Gasteiger partial charge in [-0.15, -0.1) is 0 Å². The number of ether oxygens (including phenoxy) is 2. The highest BCUT2D eigenvalue weighted by Gasteiger charge is 2.33. The van der Waals surface area contributed by atoms with E-state index >= 15 is 0 Å². The first-order chi connectivity index (χ1) is 9.19. The van der Waals surface area contributed by atoms with E-state index in [0.29, 0.717) is 25.6 Å². The van der Waals surface area contributed by atoms with Gasteiger partial charge in [0.2, 0.25) is 0 Å². The van der Waals surface area contributed by atoms with Crippen molar-refractivity contribution in [2.24, 2.45) is 11.8 Å². The molecule has 1 fully saturated rings. The molecule has 0 aromatic heterocycles. The van der Waals surface area contributed by atoms with E-state index in [9.17, 15) is 9.59 Å². The molecule has 1 rings (SSSR count). The molecule has 0 spiro atoms. The van der Waals surface area contributed by atoms with E-state index < -0.39 is 17.9 Å². The zero-order chi connectivity index (χ0) is 14.1. The highest BCUT2D eigenvalue weighted by atomic mass is 16.6. The summed E-state index contributed by atoms with van der Waals surface area (Å²) in [5.41, 5.74) is 0. The zero-order valence-corrected chi connectivity index (χ0v) is 12.2. The van der Waals surface area contributed by atoms with E-state index in [2.05, 4.69) is 0 Å². The van der Waals surface area contributed by atoms with E-state index in [4.69, 9.17) is 9.47 Å². The number of carbonyl (C=O) groups is 2. The fourth-order valence-electron chi connectivity index (χ4n) is 2.47. The molecule has 0 N–H and O–H groups in total. The topological polar surface area (TPSA) is 52.6 Å². The molecule has 0 radical (unpaired) electrons. The molecule has 0 saturated heterocycles. The van der Waals surface area contributed by atoms with Gasteiger partial charge < -0.3 is 9.47 Å². The lowest BCUT2D eigenvalue weighted by Crippen LogP contribution is -2.30. The Balaban J connectivity index is 2.54. The fourth-order valence-corrected chi connectivity index (χ4v) is 2.47. The minimum Gasteiger partial charge on any atom is -0.465 e. The van der Waals surface area contributed by atoms with E-state index in [1.54, 1.807) is 0 Å². The van der Waals surface area contributed by atoms with Crippen molar-refractivity contribution in [1.82, 2.24) is 0 Å². The zero-order valence-electron chi connectivity index (χ0n) is 12.2. The van der Waals surface area contributed by atoms with Gasteiger partial charge in [0.05, 0.1) is 13.2 Å². The molecule has 0 bridgehead atoms. The molecule has 0 heterocycles. The molecule has 0 atom stereocenters. The molecule has 1 saturated carbocycles. The predicted octanol–water partition coefficient (Wildman–Crippen LogP) is 3.09. The Labute approximate surface area is 115 Å². The Morgan fingerprint density at radius 3 is 1.89 bits per heavy atom. The van der Waals surface area contributed by atoms with E-state index in [1.807, 2.05) is 13.8 Å². The molecular formula is C15H26O4. The van der Waals surface area contributed by atoms with Crippen LogP contribution in [0, 0.1) is 11.8 Å². The molecule has 19 heavy (non-hydrogen) atoms. The molecule has 4 nitrogen and oxygen atoms in total. The van der Waals surface area contributed by atoms with Crippen LogP contribution in [0.15, 0.2) is 0 Å². The third-order valence-corrected chi connectivity index (χ3v) is 3.51. The van der Waals surface area contributed by atoms with Gasteiger partial charge in [-0.25, -0.2) is 0 Å². The van der Waals surface area contributed by atoms with E-state index in [0.717, 1.165) is 25.7 Å². The minimum atomic E-state index is -0.721. The molecule has 1 aliphatic carbocycles. The summed E-state index contributed by atoms with van der Waals surface area (Å²) in [4.78, 5) is 23.9. The normalized spacial score (nSPS) is 15.7. The lowest BCUT2D eigenvalue weighted by molar-refractivity contribution is -0.163. The highest BCUT2D eigenvalue weighted by Crippen LogP contribution is 2.31. The Morgan fingerprint density at radius 1 is 1.00 bits per heavy atom. The lowest BCUT2D eigenvalue weighted by atomic mass is 9.93. The van der Waals surface area contributed by atoms with Crippen LogP contribution in [0.4, 0.5) is 0 Å². The van der Waals surface area contributed by atoms with Crippen molar-refractivity contribution < 1.29 is 19.1 Å². The van der Waals surface area contributed by atoms with Crippen LogP contribution < -0.4 is 0 Å². The van der Waals surface area contributed by atoms with Crippen LogP contribution in [0.5, 0.6) is 0 Å². The predicted molar refractivity (Wildman–Crippen MR) is 72.6 cm³/mol. The molecule has 4 heteroatoms. The monoisotopic (exact) mass is 270 g/mol. The smallest absolute Gasteiger partial charge is 0.320 e. The first-order valence-corrected chi connectivity index (χ1v) is 7.52. The second-order valence-corrected chi connectivity index (χ2v) is 5.27. The van der Waals surface area contributed by atoms with Gasteiger partial charge in [-0.1, -0.05) is 39.5 Å². The first kappa shape index (κ1) is 16.0. The fraction of sp³-hybridized carbons (Fsp3) is 0.867. The summed E-state index contributed by atoms with van der Waals surface area (Å²) in [7, 11) is 0. The largest absolute Gasteiger partial charge is 0.465 e. The van der Waals surface area contributed by atoms with Gasteiger partial charge in [-0.05, 0) is 25.2 Å². The minimum absolute atomic E-state index is 0.376. The van der Waals surface area contributed by atoms with Crippen LogP contribution in [-0.2, 0) is 19.1 Å². The van der Waals surface area contributed by atoms with Crippen molar-refractivity contribution in [1.29, 1.82) is 0 Å². The molecule has 110 valence electrons. The summed E-state index contributed by atoms with van der Waals surface area (Å²) in [6.07, 6.45) is 6.75. The van der Waals surface area contributed by atoms with Crippen LogP contribution >= 0.6 is 0 Å². The van der Waals surface area contributed by atoms with Crippen LogP contribution in [-0.4, -0.2) is 25.2 Å². The highest BCUT2D eigenvalue weighted by molar-refractivity contribution is 5.94. The van der Waals surface area contributed by atoms with Gasteiger partial charge in [0.25, 0.3) is 0 Å². The number of carbonyl (C=O) groups excluding carboxylic acids is 2. The molecule has 1 aliphatic rings. The average molecular weight is 270 g/mol. The van der Waals surface area contributed by atoms with Gasteiger partial charge in [0.1, 0.15) is 0 Å². The van der Waals surface area contributed by atoms with Crippen LogP contribution in [0.1, 0.15) is 58.8 Å². The second-order valence-electron chi connectivity index (χ2n) is 5.27. The van der Waals surface area contributed by atoms with Crippen molar-refractivity contribution in [3.8, 4) is 0 Å². The molecule has 0 aromatic carbocycles. The number of hydrogen-bond donors (Lipinski definition) is 0. The summed E-state index contributed by atoms with van der Waals surface area (Å²) >= 11 is 0. The maximum absolute atomic E-state index is 12.0. The standard InChI is InChI=1S/C15H26O4/c1-3-9-18-14(16)13(15(17)19-10-4-2)11-12-7-5-6-8-12/h12-13H,3-11H2,1-2H3. The Morgan fingerprint density at radius 2 is 1.47 bits per heavy atom. The SMILES string of the molecule is CCCOC(=O)C(CC1CCCC1)C(=O)OCCC. The Bertz CT molecular complexity index is 262. The molecule has 0 aliphatic heterocycles. The number of rotatable bonds is 8. The van der Waals surface area contributed by atoms with Gasteiger partial charge in [-0.3, -0.25) is 9.59 Å². The molecule has 0 amide bonds. The third kappa shape index (κ3) is 5.62. The average Bonchev–Trinajstić information content (AvgIpc) is 2.92. The van der Waals surface area contributed by atoms with Crippen LogP contribution in [0.3, 0.4) is 0 Å². The van der Waals surface area contributed by atoms with Gasteiger partial charge in [0.15, 0.2) is 5.92 Å². The van der Waals surface area contributed by atoms with Crippen molar-refractivity contribution >= 4 is 11.9 Å². The van der Waals surface area contributed by atoms with Crippen molar-refractivity contribution in [3.05, 3.63) is 0 Å².